The molecule has 6 rings (SSSR count). The Morgan fingerprint density at radius 1 is 0.947 bits per heavy atom. The third kappa shape index (κ3) is 4.34. The van der Waals surface area contributed by atoms with E-state index in [4.69, 9.17) is 23.7 Å². The van der Waals surface area contributed by atoms with Crippen molar-refractivity contribution in [2.75, 3.05) is 28.1 Å². The van der Waals surface area contributed by atoms with Gasteiger partial charge in [0.2, 0.25) is 12.5 Å². The Balaban J connectivity index is 0.00000294. The number of pyridine rings is 1. The van der Waals surface area contributed by atoms with Gasteiger partial charge in [0.1, 0.15) is 5.75 Å². The topological polar surface area (TPSA) is 79.1 Å². The first-order chi connectivity index (χ1) is 18.1. The van der Waals surface area contributed by atoms with Crippen LogP contribution in [0, 0.1) is 0 Å². The SMILES string of the molecule is COc1ccc(C(=O)NCc2c3[n+](cc4c(OC)c(OC)ccc24)CCc2cc4c(cc2-3)OCO4)cc1.[I-]. The van der Waals surface area contributed by atoms with Gasteiger partial charge in [0.15, 0.2) is 35.7 Å². The van der Waals surface area contributed by atoms with E-state index in [1.54, 1.807) is 45.6 Å². The molecule has 0 radical (unpaired) electrons. The third-order valence-electron chi connectivity index (χ3n) is 7.02. The second kappa shape index (κ2) is 10.6. The highest BCUT2D eigenvalue weighted by Crippen LogP contribution is 2.43. The number of hydrogen-bond donors (Lipinski definition) is 1. The van der Waals surface area contributed by atoms with E-state index >= 15 is 0 Å². The smallest absolute Gasteiger partial charge is 0.251 e. The predicted octanol–water partition coefficient (Wildman–Crippen LogP) is 1.04. The van der Waals surface area contributed by atoms with Gasteiger partial charge in [0, 0.05) is 17.4 Å². The maximum atomic E-state index is 13.1. The molecule has 8 nitrogen and oxygen atoms in total. The summed E-state index contributed by atoms with van der Waals surface area (Å²) in [4.78, 5) is 13.1. The average molecular weight is 626 g/mol. The minimum atomic E-state index is -0.166. The van der Waals surface area contributed by atoms with E-state index in [0.29, 0.717) is 29.4 Å². The number of ether oxygens (including phenoxy) is 5. The molecule has 0 saturated carbocycles. The first kappa shape index (κ1) is 25.9. The molecule has 0 fully saturated rings. The Morgan fingerprint density at radius 3 is 2.42 bits per heavy atom. The zero-order valence-corrected chi connectivity index (χ0v) is 23.5. The Morgan fingerprint density at radius 2 is 1.71 bits per heavy atom. The van der Waals surface area contributed by atoms with Gasteiger partial charge in [0.05, 0.1) is 44.4 Å². The summed E-state index contributed by atoms with van der Waals surface area (Å²) in [5, 5.41) is 5.02. The van der Waals surface area contributed by atoms with E-state index in [-0.39, 0.29) is 36.7 Å². The fourth-order valence-electron chi connectivity index (χ4n) is 5.20. The van der Waals surface area contributed by atoms with Crippen molar-refractivity contribution >= 4 is 16.7 Å². The zero-order valence-electron chi connectivity index (χ0n) is 21.3. The number of halogens is 1. The number of carbonyl (C=O) groups is 1. The number of rotatable bonds is 6. The normalized spacial score (nSPS) is 12.7. The van der Waals surface area contributed by atoms with E-state index in [9.17, 15) is 4.79 Å². The molecule has 196 valence electrons. The zero-order chi connectivity index (χ0) is 25.5. The van der Waals surface area contributed by atoms with E-state index in [1.165, 1.54) is 5.56 Å². The predicted molar refractivity (Wildman–Crippen MR) is 137 cm³/mol. The molecular formula is C29H27IN2O6. The van der Waals surface area contributed by atoms with Crippen molar-refractivity contribution < 1.29 is 57.0 Å². The van der Waals surface area contributed by atoms with Crippen LogP contribution in [0.25, 0.3) is 22.0 Å². The lowest BCUT2D eigenvalue weighted by Crippen LogP contribution is -3.00. The van der Waals surface area contributed by atoms with Crippen LogP contribution in [0.2, 0.25) is 0 Å². The van der Waals surface area contributed by atoms with Gasteiger partial charge in [-0.05, 0) is 54.1 Å². The van der Waals surface area contributed by atoms with E-state index in [0.717, 1.165) is 52.1 Å². The first-order valence-electron chi connectivity index (χ1n) is 12.1. The number of nitrogens with one attached hydrogen (secondary N) is 1. The van der Waals surface area contributed by atoms with Gasteiger partial charge in [-0.3, -0.25) is 4.79 Å². The van der Waals surface area contributed by atoms with E-state index in [2.05, 4.69) is 22.1 Å². The van der Waals surface area contributed by atoms with Crippen molar-refractivity contribution in [2.45, 2.75) is 19.5 Å². The molecule has 0 saturated heterocycles. The van der Waals surface area contributed by atoms with Crippen molar-refractivity contribution in [1.82, 2.24) is 5.32 Å². The lowest BCUT2D eigenvalue weighted by atomic mass is 9.91. The molecule has 1 amide bonds. The van der Waals surface area contributed by atoms with Gasteiger partial charge >= 0.3 is 0 Å². The van der Waals surface area contributed by atoms with Crippen molar-refractivity contribution in [1.29, 1.82) is 0 Å². The minimum Gasteiger partial charge on any atom is -1.00 e. The number of aromatic nitrogens is 1. The summed E-state index contributed by atoms with van der Waals surface area (Å²) < 4.78 is 30.1. The van der Waals surface area contributed by atoms with Gasteiger partial charge in [-0.2, -0.15) is 4.57 Å². The van der Waals surface area contributed by atoms with Gasteiger partial charge in [0.25, 0.3) is 5.91 Å². The Bertz CT molecular complexity index is 1540. The third-order valence-corrected chi connectivity index (χ3v) is 7.02. The molecule has 3 aromatic carbocycles. The van der Waals surface area contributed by atoms with Crippen LogP contribution >= 0.6 is 0 Å². The molecular weight excluding hydrogens is 599 g/mol. The molecule has 3 heterocycles. The molecule has 1 N–H and O–H groups in total. The molecule has 0 unspecified atom stereocenters. The maximum Gasteiger partial charge on any atom is 0.251 e. The Kier molecular flexibility index (Phi) is 7.20. The maximum absolute atomic E-state index is 13.1. The highest BCUT2D eigenvalue weighted by atomic mass is 127. The molecule has 1 aromatic heterocycles. The monoisotopic (exact) mass is 626 g/mol. The molecule has 38 heavy (non-hydrogen) atoms. The Labute approximate surface area is 237 Å². The van der Waals surface area contributed by atoms with Crippen LogP contribution < -0.4 is 57.5 Å². The van der Waals surface area contributed by atoms with Crippen LogP contribution in [0.3, 0.4) is 0 Å². The molecule has 0 aliphatic carbocycles. The van der Waals surface area contributed by atoms with Gasteiger partial charge in [-0.1, -0.05) is 0 Å². The van der Waals surface area contributed by atoms with Crippen LogP contribution in [-0.2, 0) is 19.5 Å². The summed E-state index contributed by atoms with van der Waals surface area (Å²) in [5.74, 6) is 3.35. The molecule has 2 aliphatic rings. The van der Waals surface area contributed by atoms with Gasteiger partial charge < -0.3 is 53.0 Å². The first-order valence-corrected chi connectivity index (χ1v) is 12.1. The second-order valence-electron chi connectivity index (χ2n) is 8.94. The fourth-order valence-corrected chi connectivity index (χ4v) is 5.20. The van der Waals surface area contributed by atoms with Crippen LogP contribution in [0.15, 0.2) is 54.7 Å². The summed E-state index contributed by atoms with van der Waals surface area (Å²) in [6, 6.07) is 15.1. The summed E-state index contributed by atoms with van der Waals surface area (Å²) >= 11 is 0. The lowest BCUT2D eigenvalue weighted by molar-refractivity contribution is -0.686. The molecule has 0 atom stereocenters. The van der Waals surface area contributed by atoms with Crippen molar-refractivity contribution in [3.63, 3.8) is 0 Å². The van der Waals surface area contributed by atoms with Crippen LogP contribution in [0.4, 0.5) is 0 Å². The molecule has 9 heteroatoms. The highest BCUT2D eigenvalue weighted by molar-refractivity contribution is 5.97. The summed E-state index contributed by atoms with van der Waals surface area (Å²) in [6.07, 6.45) is 2.95. The van der Waals surface area contributed by atoms with Crippen LogP contribution in [0.1, 0.15) is 21.5 Å². The standard InChI is InChI=1S/C29H26N2O6.HI/c1-33-19-6-4-17(5-7-19)29(32)30-14-22-20-8-9-24(34-2)28(35-3)23(20)15-31-11-10-18-12-25-26(37-16-36-25)13-21(18)27(22)31;/h4-9,12-13,15H,10-11,14,16H2,1-3H3;1H. The highest BCUT2D eigenvalue weighted by Gasteiger charge is 2.32. The molecule has 4 aromatic rings. The van der Waals surface area contributed by atoms with E-state index < -0.39 is 0 Å². The van der Waals surface area contributed by atoms with Gasteiger partial charge in [-0.25, -0.2) is 0 Å². The van der Waals surface area contributed by atoms with Crippen molar-refractivity contribution in [3.8, 4) is 40.0 Å². The molecule has 2 aliphatic heterocycles. The number of nitrogens with zero attached hydrogens (tertiary/aromatic N) is 1. The summed E-state index contributed by atoms with van der Waals surface area (Å²) in [5.41, 5.74) is 4.84. The largest absolute Gasteiger partial charge is 1.00 e. The molecule has 0 bridgehead atoms. The summed E-state index contributed by atoms with van der Waals surface area (Å²) in [6.45, 7) is 1.32. The Hall–Kier alpha value is -3.73. The number of methoxy groups -OCH3 is 3. The molecule has 0 spiro atoms. The van der Waals surface area contributed by atoms with Crippen LogP contribution in [0.5, 0.6) is 28.7 Å². The quantitative estimate of drug-likeness (QED) is 0.255. The van der Waals surface area contributed by atoms with E-state index in [1.807, 2.05) is 18.2 Å². The second-order valence-corrected chi connectivity index (χ2v) is 8.94. The van der Waals surface area contributed by atoms with Gasteiger partial charge in [-0.15, -0.1) is 0 Å². The number of fused-ring (bicyclic) bond motifs is 5. The number of hydrogen-bond acceptors (Lipinski definition) is 6. The summed E-state index contributed by atoms with van der Waals surface area (Å²) in [7, 11) is 4.87. The number of benzene rings is 3. The van der Waals surface area contributed by atoms with Crippen molar-refractivity contribution in [3.05, 3.63) is 71.4 Å². The average Bonchev–Trinajstić information content (AvgIpc) is 3.40. The fraction of sp³-hybridized carbons (Fsp3) is 0.241. The number of carbonyl (C=O) groups excluding carboxylic acids is 1. The number of amides is 1. The van der Waals surface area contributed by atoms with Crippen LogP contribution in [-0.4, -0.2) is 34.0 Å². The minimum absolute atomic E-state index is 0. The number of aryl methyl sites for hydroxylation is 2. The lowest BCUT2D eigenvalue weighted by Gasteiger charge is -2.21. The van der Waals surface area contributed by atoms with Crippen molar-refractivity contribution in [2.24, 2.45) is 0 Å².